The zero-order valence-electron chi connectivity index (χ0n) is 43.5. The molecule has 0 saturated carbocycles. The van der Waals surface area contributed by atoms with Crippen molar-refractivity contribution < 1.29 is 0 Å². The number of hydrogen-bond acceptors (Lipinski definition) is 2. The van der Waals surface area contributed by atoms with Crippen LogP contribution in [0, 0.1) is 0 Å². The molecule has 10 rings (SSSR count). The van der Waals surface area contributed by atoms with Gasteiger partial charge in [-0.2, -0.15) is 0 Å². The summed E-state index contributed by atoms with van der Waals surface area (Å²) in [6, 6.07) is 94.3. The second kappa shape index (κ2) is 26.8. The lowest BCUT2D eigenvalue weighted by Gasteiger charge is -2.26. The number of rotatable bonds is 19. The fourth-order valence-electron chi connectivity index (χ4n) is 9.03. The van der Waals surface area contributed by atoms with Gasteiger partial charge in [0.15, 0.2) is 0 Å². The summed E-state index contributed by atoms with van der Waals surface area (Å²) in [6.45, 7) is 0. The Morgan fingerprint density at radius 2 is 0.308 bits per heavy atom. The van der Waals surface area contributed by atoms with E-state index >= 15 is 0 Å². The van der Waals surface area contributed by atoms with E-state index in [4.69, 9.17) is 0 Å². The van der Waals surface area contributed by atoms with E-state index in [1.165, 1.54) is 22.3 Å². The van der Waals surface area contributed by atoms with E-state index in [9.17, 15) is 0 Å². The Kier molecular flexibility index (Phi) is 17.6. The van der Waals surface area contributed by atoms with Crippen LogP contribution in [0.1, 0.15) is 44.5 Å². The van der Waals surface area contributed by atoms with Crippen LogP contribution in [0.25, 0.3) is 59.7 Å². The van der Waals surface area contributed by atoms with Crippen LogP contribution in [0.5, 0.6) is 0 Å². The third-order valence-corrected chi connectivity index (χ3v) is 13.1. The van der Waals surface area contributed by atoms with Crippen LogP contribution in [-0.2, 0) is 0 Å². The Labute approximate surface area is 461 Å². The zero-order chi connectivity index (χ0) is 52.8. The number of hydrogen-bond donors (Lipinski definition) is 0. The Morgan fingerprint density at radius 3 is 0.487 bits per heavy atom. The smallest absolute Gasteiger partial charge is 0.0462 e. The van der Waals surface area contributed by atoms with Crippen molar-refractivity contribution in [3.8, 4) is 11.1 Å². The number of allylic oxidation sites excluding steroid dienone is 8. The predicted octanol–water partition coefficient (Wildman–Crippen LogP) is 21.2. The standard InChI is InChI=1S/C76H60N2/c1-5-21-61(22-6-1)29-13-17-33-65-37-49-71(50-38-65)77(72-51-39-66(40-52-72)34-18-14-30-62-23-7-2-8-24-62)75-57-45-69(46-58-75)70-47-59-76(60-48-70)78(73-53-41-67(42-54-73)35-19-15-31-63-25-9-3-10-26-63)74-55-43-68(44-56-74)36-20-16-32-64-27-11-4-12-28-64/h1-60H/b29-13+,30-14+,31-15+,32-16+,33-17+,34-18+,35-19+,36-20+. The third-order valence-electron chi connectivity index (χ3n) is 13.1. The molecule has 2 heteroatoms. The topological polar surface area (TPSA) is 6.48 Å². The zero-order valence-corrected chi connectivity index (χ0v) is 43.5. The molecule has 0 heterocycles. The highest BCUT2D eigenvalue weighted by Gasteiger charge is 2.15. The van der Waals surface area contributed by atoms with Crippen molar-refractivity contribution in [2.24, 2.45) is 0 Å². The molecular formula is C76H60N2. The van der Waals surface area contributed by atoms with Crippen LogP contribution in [0.2, 0.25) is 0 Å². The van der Waals surface area contributed by atoms with Crippen molar-refractivity contribution >= 4 is 82.7 Å². The normalized spacial score (nSPS) is 11.9. The molecule has 0 atom stereocenters. The highest BCUT2D eigenvalue weighted by molar-refractivity contribution is 5.82. The van der Waals surface area contributed by atoms with Crippen molar-refractivity contribution in [2.45, 2.75) is 0 Å². The summed E-state index contributed by atoms with van der Waals surface area (Å²) in [5.74, 6) is 0. The van der Waals surface area contributed by atoms with Crippen molar-refractivity contribution in [3.63, 3.8) is 0 Å². The molecule has 0 aromatic heterocycles. The highest BCUT2D eigenvalue weighted by atomic mass is 15.1. The van der Waals surface area contributed by atoms with E-state index in [1.807, 2.05) is 24.3 Å². The minimum absolute atomic E-state index is 1.07. The molecule has 10 aromatic carbocycles. The lowest BCUT2D eigenvalue weighted by atomic mass is 10.0. The molecule has 10 aromatic rings. The molecule has 0 N–H and O–H groups in total. The first-order valence-corrected chi connectivity index (χ1v) is 26.5. The number of benzene rings is 10. The summed E-state index contributed by atoms with van der Waals surface area (Å²) in [6.07, 6.45) is 33.8. The van der Waals surface area contributed by atoms with Gasteiger partial charge in [0.25, 0.3) is 0 Å². The van der Waals surface area contributed by atoms with Crippen molar-refractivity contribution in [2.75, 3.05) is 9.80 Å². The van der Waals surface area contributed by atoms with E-state index < -0.39 is 0 Å². The summed E-state index contributed by atoms with van der Waals surface area (Å²) >= 11 is 0. The molecule has 0 bridgehead atoms. The average Bonchev–Trinajstić information content (AvgIpc) is 3.50. The van der Waals surface area contributed by atoms with Crippen LogP contribution in [0.15, 0.2) is 316 Å². The molecule has 0 saturated heterocycles. The first-order valence-electron chi connectivity index (χ1n) is 26.5. The van der Waals surface area contributed by atoms with Crippen LogP contribution in [-0.4, -0.2) is 0 Å². The molecule has 0 aliphatic rings. The molecule has 0 aliphatic carbocycles. The van der Waals surface area contributed by atoms with E-state index in [0.717, 1.165) is 67.5 Å². The van der Waals surface area contributed by atoms with Crippen LogP contribution < -0.4 is 9.80 Å². The van der Waals surface area contributed by atoms with Gasteiger partial charge in [-0.3, -0.25) is 0 Å². The molecule has 0 amide bonds. The quantitative estimate of drug-likeness (QED) is 0.0745. The van der Waals surface area contributed by atoms with Gasteiger partial charge in [0.05, 0.1) is 0 Å². The molecule has 0 fully saturated rings. The van der Waals surface area contributed by atoms with Gasteiger partial charge in [-0.1, -0.05) is 291 Å². The summed E-state index contributed by atoms with van der Waals surface area (Å²) in [5.41, 5.74) is 18.0. The van der Waals surface area contributed by atoms with Gasteiger partial charge in [-0.05, 0) is 128 Å². The molecular weight excluding hydrogens is 941 g/mol. The number of nitrogens with zero attached hydrogens (tertiary/aromatic N) is 2. The molecule has 0 aliphatic heterocycles. The minimum Gasteiger partial charge on any atom is -0.311 e. The van der Waals surface area contributed by atoms with Crippen molar-refractivity contribution in [3.05, 3.63) is 360 Å². The SMILES string of the molecule is C(/C=C/c1ccc(N(c2ccc(/C=C/C=C/c3ccccc3)cc2)c2ccc(-c3ccc(N(c4ccc(/C=C/C=C/c5ccccc5)cc4)c4ccc(/C=C/C=C/c5ccccc5)cc4)cc3)cc2)cc1)=C\c1ccccc1. The van der Waals surface area contributed by atoms with Crippen LogP contribution in [0.3, 0.4) is 0 Å². The lowest BCUT2D eigenvalue weighted by molar-refractivity contribution is 1.28. The second-order valence-electron chi connectivity index (χ2n) is 18.6. The summed E-state index contributed by atoms with van der Waals surface area (Å²) in [7, 11) is 0. The van der Waals surface area contributed by atoms with Gasteiger partial charge in [-0.15, -0.1) is 0 Å². The van der Waals surface area contributed by atoms with Gasteiger partial charge < -0.3 is 9.80 Å². The predicted molar refractivity (Wildman–Crippen MR) is 339 cm³/mol. The lowest BCUT2D eigenvalue weighted by Crippen LogP contribution is -2.10. The third kappa shape index (κ3) is 14.5. The highest BCUT2D eigenvalue weighted by Crippen LogP contribution is 2.39. The van der Waals surface area contributed by atoms with Gasteiger partial charge >= 0.3 is 0 Å². The molecule has 0 unspecified atom stereocenters. The van der Waals surface area contributed by atoms with Gasteiger partial charge in [0.2, 0.25) is 0 Å². The van der Waals surface area contributed by atoms with Crippen LogP contribution in [0.4, 0.5) is 34.1 Å². The van der Waals surface area contributed by atoms with Crippen LogP contribution >= 0.6 is 0 Å². The first kappa shape index (κ1) is 51.2. The Morgan fingerprint density at radius 1 is 0.154 bits per heavy atom. The van der Waals surface area contributed by atoms with Gasteiger partial charge in [0, 0.05) is 34.1 Å². The molecule has 2 nitrogen and oxygen atoms in total. The van der Waals surface area contributed by atoms with Gasteiger partial charge in [0.1, 0.15) is 0 Å². The number of anilines is 6. The molecule has 0 spiro atoms. The van der Waals surface area contributed by atoms with Crippen molar-refractivity contribution in [1.29, 1.82) is 0 Å². The maximum atomic E-state index is 2.32. The average molecular weight is 1000 g/mol. The fourth-order valence-corrected chi connectivity index (χ4v) is 9.03. The van der Waals surface area contributed by atoms with E-state index in [0.29, 0.717) is 0 Å². The Bertz CT molecular complexity index is 3220. The Hall–Kier alpha value is -10.3. The van der Waals surface area contributed by atoms with Gasteiger partial charge in [-0.25, -0.2) is 0 Å². The summed E-state index contributed by atoms with van der Waals surface area (Å²) < 4.78 is 0. The fraction of sp³-hybridized carbons (Fsp3) is 0. The maximum Gasteiger partial charge on any atom is 0.0462 e. The monoisotopic (exact) mass is 1000 g/mol. The second-order valence-corrected chi connectivity index (χ2v) is 18.6. The van der Waals surface area contributed by atoms with E-state index in [1.54, 1.807) is 0 Å². The van der Waals surface area contributed by atoms with Crippen molar-refractivity contribution in [1.82, 2.24) is 0 Å². The molecule has 78 heavy (non-hydrogen) atoms. The summed E-state index contributed by atoms with van der Waals surface area (Å²) in [5, 5.41) is 0. The first-order chi connectivity index (χ1) is 38.7. The summed E-state index contributed by atoms with van der Waals surface area (Å²) in [4.78, 5) is 4.64. The Balaban J connectivity index is 0.896. The largest absolute Gasteiger partial charge is 0.311 e. The maximum absolute atomic E-state index is 2.32. The van der Waals surface area contributed by atoms with E-state index in [2.05, 4.69) is 350 Å². The molecule has 0 radical (unpaired) electrons. The minimum atomic E-state index is 1.07. The molecule has 374 valence electrons. The van der Waals surface area contributed by atoms with E-state index in [-0.39, 0.29) is 0 Å².